The predicted molar refractivity (Wildman–Crippen MR) is 132 cm³/mol. The number of aliphatic hydroxyl groups is 1. The number of carboxylic acids is 1. The fourth-order valence-corrected chi connectivity index (χ4v) is 5.17. The molecule has 0 amide bonds. The Bertz CT molecular complexity index is 1210. The topological polar surface area (TPSA) is 104 Å². The van der Waals surface area contributed by atoms with E-state index in [4.69, 9.17) is 11.6 Å². The molecule has 0 aromatic heterocycles. The van der Waals surface area contributed by atoms with E-state index in [9.17, 15) is 23.4 Å². The first-order valence-electron chi connectivity index (χ1n) is 11.0. The van der Waals surface area contributed by atoms with Gasteiger partial charge in [0.15, 0.2) is 0 Å². The van der Waals surface area contributed by atoms with Gasteiger partial charge in [0.1, 0.15) is 0 Å². The van der Waals surface area contributed by atoms with Gasteiger partial charge in [-0.05, 0) is 72.5 Å². The van der Waals surface area contributed by atoms with Crippen LogP contribution in [0.25, 0.3) is 0 Å². The summed E-state index contributed by atoms with van der Waals surface area (Å²) in [6.45, 7) is 2.78. The third-order valence-corrected chi connectivity index (χ3v) is 7.71. The van der Waals surface area contributed by atoms with Crippen molar-refractivity contribution >= 4 is 27.4 Å². The first-order chi connectivity index (χ1) is 16.2. The molecule has 3 rings (SSSR count). The fourth-order valence-electron chi connectivity index (χ4n) is 3.71. The Morgan fingerprint density at radius 2 is 1.59 bits per heavy atom. The SMILES string of the molecule is CCC(C(=O)O)c1ccc(S(=O)(=O)c2ccc(CCNCC(O)c3cccc(Cl)c3)cc2)cc1. The summed E-state index contributed by atoms with van der Waals surface area (Å²) in [5.74, 6) is -1.58. The van der Waals surface area contributed by atoms with Gasteiger partial charge in [-0.3, -0.25) is 4.79 Å². The van der Waals surface area contributed by atoms with Crippen LogP contribution in [-0.2, 0) is 21.1 Å². The number of aliphatic carboxylic acids is 1. The zero-order valence-electron chi connectivity index (χ0n) is 18.8. The molecule has 3 aromatic carbocycles. The molecule has 0 heterocycles. The highest BCUT2D eigenvalue weighted by Gasteiger charge is 2.21. The van der Waals surface area contributed by atoms with Crippen molar-refractivity contribution in [2.75, 3.05) is 13.1 Å². The van der Waals surface area contributed by atoms with Gasteiger partial charge in [-0.1, -0.05) is 54.9 Å². The van der Waals surface area contributed by atoms with Gasteiger partial charge in [-0.15, -0.1) is 0 Å². The standard InChI is InChI=1S/C26H28ClNO5S/c1-2-24(26(30)31)19-8-12-23(13-9-19)34(32,33)22-10-6-18(7-11-22)14-15-28-17-25(29)20-4-3-5-21(27)16-20/h3-13,16,24-25,28-29H,2,14-15,17H2,1H3,(H,30,31). The Kier molecular flexibility index (Phi) is 8.85. The summed E-state index contributed by atoms with van der Waals surface area (Å²) in [6.07, 6.45) is 0.433. The zero-order chi connectivity index (χ0) is 24.7. The molecule has 34 heavy (non-hydrogen) atoms. The summed E-state index contributed by atoms with van der Waals surface area (Å²) in [4.78, 5) is 11.6. The van der Waals surface area contributed by atoms with Crippen LogP contribution < -0.4 is 5.32 Å². The Balaban J connectivity index is 1.57. The molecule has 0 spiro atoms. The molecule has 2 atom stereocenters. The van der Waals surface area contributed by atoms with Crippen LogP contribution in [0, 0.1) is 0 Å². The van der Waals surface area contributed by atoms with E-state index in [-0.39, 0.29) is 9.79 Å². The van der Waals surface area contributed by atoms with E-state index in [0.717, 1.165) is 11.1 Å². The minimum absolute atomic E-state index is 0.126. The molecule has 0 saturated carbocycles. The summed E-state index contributed by atoms with van der Waals surface area (Å²) < 4.78 is 25.9. The van der Waals surface area contributed by atoms with Gasteiger partial charge in [0.25, 0.3) is 0 Å². The number of sulfone groups is 1. The molecule has 8 heteroatoms. The van der Waals surface area contributed by atoms with Crippen molar-refractivity contribution in [2.24, 2.45) is 0 Å². The Labute approximate surface area is 205 Å². The minimum Gasteiger partial charge on any atom is -0.481 e. The van der Waals surface area contributed by atoms with Crippen LogP contribution in [-0.4, -0.2) is 37.7 Å². The van der Waals surface area contributed by atoms with E-state index >= 15 is 0 Å². The quantitative estimate of drug-likeness (QED) is 0.331. The highest BCUT2D eigenvalue weighted by Crippen LogP contribution is 2.25. The van der Waals surface area contributed by atoms with E-state index in [1.165, 1.54) is 12.1 Å². The lowest BCUT2D eigenvalue weighted by Crippen LogP contribution is -2.23. The maximum atomic E-state index is 13.0. The van der Waals surface area contributed by atoms with Crippen LogP contribution >= 0.6 is 11.6 Å². The molecule has 0 bridgehead atoms. The van der Waals surface area contributed by atoms with Crippen LogP contribution in [0.1, 0.15) is 42.1 Å². The fraction of sp³-hybridized carbons (Fsp3) is 0.269. The van der Waals surface area contributed by atoms with Crippen LogP contribution in [0.15, 0.2) is 82.6 Å². The van der Waals surface area contributed by atoms with Crippen molar-refractivity contribution in [1.82, 2.24) is 5.32 Å². The number of carboxylic acid groups (broad SMARTS) is 1. The number of nitrogens with one attached hydrogen (secondary N) is 1. The lowest BCUT2D eigenvalue weighted by atomic mass is 9.97. The summed E-state index contributed by atoms with van der Waals surface area (Å²) in [5.41, 5.74) is 2.29. The Morgan fingerprint density at radius 1 is 0.971 bits per heavy atom. The lowest BCUT2D eigenvalue weighted by molar-refractivity contribution is -0.138. The summed E-state index contributed by atoms with van der Waals surface area (Å²) >= 11 is 5.96. The van der Waals surface area contributed by atoms with Gasteiger partial charge >= 0.3 is 5.97 Å². The highest BCUT2D eigenvalue weighted by molar-refractivity contribution is 7.91. The van der Waals surface area contributed by atoms with Gasteiger partial charge in [-0.2, -0.15) is 0 Å². The van der Waals surface area contributed by atoms with Crippen molar-refractivity contribution < 1.29 is 23.4 Å². The number of hydrogen-bond acceptors (Lipinski definition) is 5. The average molecular weight is 502 g/mol. The molecule has 3 N–H and O–H groups in total. The second kappa shape index (κ2) is 11.6. The number of benzene rings is 3. The van der Waals surface area contributed by atoms with E-state index < -0.39 is 27.8 Å². The van der Waals surface area contributed by atoms with E-state index in [1.54, 1.807) is 61.5 Å². The molecule has 0 aliphatic heterocycles. The van der Waals surface area contributed by atoms with Gasteiger partial charge in [-0.25, -0.2) is 8.42 Å². The number of rotatable bonds is 11. The number of aliphatic hydroxyl groups excluding tert-OH is 1. The Morgan fingerprint density at radius 3 is 2.15 bits per heavy atom. The molecule has 0 fully saturated rings. The van der Waals surface area contributed by atoms with Crippen LogP contribution in [0.2, 0.25) is 5.02 Å². The van der Waals surface area contributed by atoms with E-state index in [0.29, 0.717) is 36.5 Å². The second-order valence-electron chi connectivity index (χ2n) is 8.04. The number of halogens is 1. The molecule has 0 aliphatic rings. The monoisotopic (exact) mass is 501 g/mol. The van der Waals surface area contributed by atoms with Crippen LogP contribution in [0.3, 0.4) is 0 Å². The third kappa shape index (κ3) is 6.45. The van der Waals surface area contributed by atoms with Crippen molar-refractivity contribution in [3.63, 3.8) is 0 Å². The van der Waals surface area contributed by atoms with Crippen LogP contribution in [0.4, 0.5) is 0 Å². The highest BCUT2D eigenvalue weighted by atomic mass is 35.5. The Hall–Kier alpha value is -2.71. The van der Waals surface area contributed by atoms with Gasteiger partial charge in [0.2, 0.25) is 9.84 Å². The maximum Gasteiger partial charge on any atom is 0.310 e. The number of hydrogen-bond donors (Lipinski definition) is 3. The summed E-state index contributed by atoms with van der Waals surface area (Å²) in [5, 5.41) is 23.3. The molecule has 0 radical (unpaired) electrons. The van der Waals surface area contributed by atoms with Crippen molar-refractivity contribution in [3.8, 4) is 0 Å². The first kappa shape index (κ1) is 25.9. The van der Waals surface area contributed by atoms with Gasteiger partial charge in [0.05, 0.1) is 21.8 Å². The first-order valence-corrected chi connectivity index (χ1v) is 12.9. The summed E-state index contributed by atoms with van der Waals surface area (Å²) in [7, 11) is -3.70. The van der Waals surface area contributed by atoms with Crippen molar-refractivity contribution in [3.05, 3.63) is 94.5 Å². The average Bonchev–Trinajstić information content (AvgIpc) is 2.82. The molecular weight excluding hydrogens is 474 g/mol. The molecular formula is C26H28ClNO5S. The van der Waals surface area contributed by atoms with E-state index in [1.807, 2.05) is 6.07 Å². The van der Waals surface area contributed by atoms with Gasteiger partial charge < -0.3 is 15.5 Å². The third-order valence-electron chi connectivity index (χ3n) is 5.69. The maximum absolute atomic E-state index is 13.0. The molecule has 180 valence electrons. The molecule has 0 aliphatic carbocycles. The minimum atomic E-state index is -3.70. The molecule has 0 saturated heterocycles. The smallest absolute Gasteiger partial charge is 0.310 e. The normalized spacial score (nSPS) is 13.4. The molecule has 3 aromatic rings. The van der Waals surface area contributed by atoms with Crippen molar-refractivity contribution in [1.29, 1.82) is 0 Å². The van der Waals surface area contributed by atoms with Gasteiger partial charge in [0, 0.05) is 11.6 Å². The lowest BCUT2D eigenvalue weighted by Gasteiger charge is -2.13. The number of carbonyl (C=O) groups is 1. The zero-order valence-corrected chi connectivity index (χ0v) is 20.4. The van der Waals surface area contributed by atoms with Crippen LogP contribution in [0.5, 0.6) is 0 Å². The molecule has 2 unspecified atom stereocenters. The molecule has 6 nitrogen and oxygen atoms in total. The van der Waals surface area contributed by atoms with E-state index in [2.05, 4.69) is 5.32 Å². The van der Waals surface area contributed by atoms with Crippen molar-refractivity contribution in [2.45, 2.75) is 41.6 Å². The second-order valence-corrected chi connectivity index (χ2v) is 10.4. The summed E-state index contributed by atoms with van der Waals surface area (Å²) in [6, 6.07) is 19.8. The predicted octanol–water partition coefficient (Wildman–Crippen LogP) is 4.62. The largest absolute Gasteiger partial charge is 0.481 e.